The van der Waals surface area contributed by atoms with E-state index in [2.05, 4.69) is 9.40 Å². The van der Waals surface area contributed by atoms with Crippen LogP contribution in [0.3, 0.4) is 0 Å². The van der Waals surface area contributed by atoms with Gasteiger partial charge in [0.25, 0.3) is 0 Å². The SMILES string of the molecule is [O]C(=O)Cc1ncco1. The van der Waals surface area contributed by atoms with Crippen molar-refractivity contribution < 1.29 is 14.3 Å². The average Bonchev–Trinajstić information content (AvgIpc) is 2.15. The minimum atomic E-state index is -1.18. The summed E-state index contributed by atoms with van der Waals surface area (Å²) in [6.45, 7) is 0. The Kier molecular flexibility index (Phi) is 1.48. The van der Waals surface area contributed by atoms with Gasteiger partial charge in [0, 0.05) is 0 Å². The standard InChI is InChI=1S/C5H4NO3/c7-5(8)3-4-6-1-2-9-4/h1-2H,3H2. The summed E-state index contributed by atoms with van der Waals surface area (Å²) in [5, 5.41) is 9.86. The van der Waals surface area contributed by atoms with E-state index in [1.165, 1.54) is 12.5 Å². The molecule has 47 valence electrons. The van der Waals surface area contributed by atoms with E-state index in [4.69, 9.17) is 0 Å². The van der Waals surface area contributed by atoms with Crippen molar-refractivity contribution in [1.82, 2.24) is 4.98 Å². The summed E-state index contributed by atoms with van der Waals surface area (Å²) in [6, 6.07) is 0. The van der Waals surface area contributed by atoms with Gasteiger partial charge in [0.15, 0.2) is 0 Å². The number of rotatable bonds is 2. The van der Waals surface area contributed by atoms with E-state index in [0.717, 1.165) is 0 Å². The highest BCUT2D eigenvalue weighted by Gasteiger charge is 2.04. The Hall–Kier alpha value is -1.32. The van der Waals surface area contributed by atoms with Crippen molar-refractivity contribution in [3.05, 3.63) is 18.4 Å². The molecular formula is C5H4NO3. The van der Waals surface area contributed by atoms with Gasteiger partial charge in [-0.05, 0) is 0 Å². The maximum Gasteiger partial charge on any atom is 0.364 e. The Morgan fingerprint density at radius 2 is 2.56 bits per heavy atom. The van der Waals surface area contributed by atoms with E-state index in [0.29, 0.717) is 0 Å². The molecule has 1 rings (SSSR count). The van der Waals surface area contributed by atoms with Crippen LogP contribution in [0.15, 0.2) is 16.9 Å². The molecule has 0 bridgehead atoms. The number of oxazole rings is 1. The Morgan fingerprint density at radius 1 is 1.78 bits per heavy atom. The van der Waals surface area contributed by atoms with Crippen molar-refractivity contribution in [3.63, 3.8) is 0 Å². The van der Waals surface area contributed by atoms with E-state index < -0.39 is 5.97 Å². The Labute approximate surface area is 51.1 Å². The summed E-state index contributed by atoms with van der Waals surface area (Å²) in [7, 11) is 0. The van der Waals surface area contributed by atoms with Crippen molar-refractivity contribution in [2.24, 2.45) is 0 Å². The molecule has 0 amide bonds. The van der Waals surface area contributed by atoms with E-state index >= 15 is 0 Å². The molecule has 1 heterocycles. The fraction of sp³-hybridized carbons (Fsp3) is 0.200. The van der Waals surface area contributed by atoms with Gasteiger partial charge in [0.2, 0.25) is 5.89 Å². The van der Waals surface area contributed by atoms with E-state index in [-0.39, 0.29) is 12.3 Å². The number of nitrogens with zero attached hydrogens (tertiary/aromatic N) is 1. The van der Waals surface area contributed by atoms with Crippen LogP contribution in [-0.4, -0.2) is 11.0 Å². The van der Waals surface area contributed by atoms with Gasteiger partial charge in [0.1, 0.15) is 12.7 Å². The first kappa shape index (κ1) is 5.81. The van der Waals surface area contributed by atoms with Gasteiger partial charge >= 0.3 is 5.97 Å². The Morgan fingerprint density at radius 3 is 3.00 bits per heavy atom. The highest BCUT2D eigenvalue weighted by Crippen LogP contribution is 1.94. The van der Waals surface area contributed by atoms with Crippen molar-refractivity contribution in [1.29, 1.82) is 0 Å². The minimum absolute atomic E-state index is 0.176. The predicted molar refractivity (Wildman–Crippen MR) is 25.9 cm³/mol. The molecule has 0 unspecified atom stereocenters. The lowest BCUT2D eigenvalue weighted by Gasteiger charge is -1.80. The molecule has 0 fully saturated rings. The summed E-state index contributed by atoms with van der Waals surface area (Å²) >= 11 is 0. The lowest BCUT2D eigenvalue weighted by molar-refractivity contribution is -0.142. The summed E-state index contributed by atoms with van der Waals surface area (Å²) in [5.74, 6) is -1.01. The van der Waals surface area contributed by atoms with Crippen LogP contribution < -0.4 is 0 Å². The van der Waals surface area contributed by atoms with Crippen molar-refractivity contribution >= 4 is 5.97 Å². The van der Waals surface area contributed by atoms with Crippen LogP contribution >= 0.6 is 0 Å². The highest BCUT2D eigenvalue weighted by atomic mass is 16.4. The number of aromatic nitrogens is 1. The molecular weight excluding hydrogens is 122 g/mol. The summed E-state index contributed by atoms with van der Waals surface area (Å²) in [5.41, 5.74) is 0. The second kappa shape index (κ2) is 2.30. The molecule has 4 nitrogen and oxygen atoms in total. The average molecular weight is 126 g/mol. The fourth-order valence-electron chi connectivity index (χ4n) is 0.464. The van der Waals surface area contributed by atoms with Crippen LogP contribution in [0.1, 0.15) is 5.89 Å². The first-order valence-corrected chi connectivity index (χ1v) is 2.37. The Bertz CT molecular complexity index is 192. The third kappa shape index (κ3) is 1.56. The normalized spacial score (nSPS) is 9.33. The van der Waals surface area contributed by atoms with E-state index in [1.807, 2.05) is 0 Å². The zero-order valence-corrected chi connectivity index (χ0v) is 4.53. The summed E-state index contributed by atoms with van der Waals surface area (Å²) < 4.78 is 4.61. The van der Waals surface area contributed by atoms with Gasteiger partial charge < -0.3 is 4.42 Å². The first-order chi connectivity index (χ1) is 4.29. The molecule has 0 saturated heterocycles. The zero-order valence-electron chi connectivity index (χ0n) is 4.53. The van der Waals surface area contributed by atoms with Gasteiger partial charge in [-0.25, -0.2) is 14.9 Å². The molecule has 1 aromatic heterocycles. The monoisotopic (exact) mass is 126 g/mol. The number of carbonyl (C=O) groups is 1. The number of hydrogen-bond acceptors (Lipinski definition) is 3. The second-order valence-electron chi connectivity index (χ2n) is 1.47. The zero-order chi connectivity index (χ0) is 6.69. The third-order valence-electron chi connectivity index (χ3n) is 0.779. The van der Waals surface area contributed by atoms with Crippen LogP contribution in [0.25, 0.3) is 0 Å². The van der Waals surface area contributed by atoms with Crippen LogP contribution in [0, 0.1) is 0 Å². The van der Waals surface area contributed by atoms with E-state index in [1.54, 1.807) is 0 Å². The van der Waals surface area contributed by atoms with Crippen LogP contribution in [0.4, 0.5) is 0 Å². The predicted octanol–water partition coefficient (Wildman–Crippen LogP) is 0.174. The lowest BCUT2D eigenvalue weighted by Crippen LogP contribution is -1.97. The van der Waals surface area contributed by atoms with Gasteiger partial charge in [-0.3, -0.25) is 0 Å². The molecule has 0 spiro atoms. The maximum absolute atomic E-state index is 9.86. The van der Waals surface area contributed by atoms with Crippen LogP contribution in [0.2, 0.25) is 0 Å². The quantitative estimate of drug-likeness (QED) is 0.567. The molecule has 0 N–H and O–H groups in total. The Balaban J connectivity index is 2.58. The molecule has 0 atom stereocenters. The lowest BCUT2D eigenvalue weighted by atomic mass is 10.4. The molecule has 0 aromatic carbocycles. The topological polar surface area (TPSA) is 63.0 Å². The van der Waals surface area contributed by atoms with Crippen molar-refractivity contribution in [2.45, 2.75) is 6.42 Å². The molecule has 1 aromatic rings. The molecule has 4 heteroatoms. The van der Waals surface area contributed by atoms with Crippen LogP contribution in [-0.2, 0) is 16.3 Å². The second-order valence-corrected chi connectivity index (χ2v) is 1.47. The van der Waals surface area contributed by atoms with Crippen molar-refractivity contribution in [3.8, 4) is 0 Å². The smallest absolute Gasteiger partial charge is 0.364 e. The van der Waals surface area contributed by atoms with Gasteiger partial charge in [-0.15, -0.1) is 0 Å². The molecule has 9 heavy (non-hydrogen) atoms. The maximum atomic E-state index is 9.86. The molecule has 1 radical (unpaired) electrons. The molecule has 0 aliphatic rings. The first-order valence-electron chi connectivity index (χ1n) is 2.37. The van der Waals surface area contributed by atoms with Crippen molar-refractivity contribution in [2.75, 3.05) is 0 Å². The van der Waals surface area contributed by atoms with Crippen LogP contribution in [0.5, 0.6) is 0 Å². The van der Waals surface area contributed by atoms with Gasteiger partial charge in [0.05, 0.1) is 6.20 Å². The summed E-state index contributed by atoms with van der Waals surface area (Å²) in [6.07, 6.45) is 2.45. The molecule has 0 aliphatic carbocycles. The van der Waals surface area contributed by atoms with Gasteiger partial charge in [-0.1, -0.05) is 0 Å². The molecule has 0 aliphatic heterocycles. The molecule has 0 saturated carbocycles. The summed E-state index contributed by atoms with van der Waals surface area (Å²) in [4.78, 5) is 13.4. The number of hydrogen-bond donors (Lipinski definition) is 0. The fourth-order valence-corrected chi connectivity index (χ4v) is 0.464. The third-order valence-corrected chi connectivity index (χ3v) is 0.779. The largest absolute Gasteiger partial charge is 0.448 e. The number of carbonyl (C=O) groups excluding carboxylic acids is 1. The highest BCUT2D eigenvalue weighted by molar-refractivity contribution is 5.68. The van der Waals surface area contributed by atoms with E-state index in [9.17, 15) is 9.90 Å². The minimum Gasteiger partial charge on any atom is -0.448 e. The van der Waals surface area contributed by atoms with Gasteiger partial charge in [-0.2, -0.15) is 0 Å².